The van der Waals surface area contributed by atoms with Gasteiger partial charge in [0.25, 0.3) is 0 Å². The number of nitrogens with zero attached hydrogens (tertiary/aromatic N) is 1. The molecule has 0 radical (unpaired) electrons. The van der Waals surface area contributed by atoms with E-state index in [1.54, 1.807) is 4.90 Å². The Hall–Kier alpha value is -1.36. The van der Waals surface area contributed by atoms with Gasteiger partial charge in [0.15, 0.2) is 9.84 Å². The van der Waals surface area contributed by atoms with Gasteiger partial charge in [-0.05, 0) is 25.0 Å². The highest BCUT2D eigenvalue weighted by molar-refractivity contribution is 7.91. The van der Waals surface area contributed by atoms with Crippen molar-refractivity contribution in [3.05, 3.63) is 30.3 Å². The van der Waals surface area contributed by atoms with E-state index in [2.05, 4.69) is 6.92 Å². The summed E-state index contributed by atoms with van der Waals surface area (Å²) in [4.78, 5) is 14.3. The van der Waals surface area contributed by atoms with Crippen LogP contribution in [0, 0.1) is 5.92 Å². The van der Waals surface area contributed by atoms with Gasteiger partial charge in [0.2, 0.25) is 5.91 Å². The minimum atomic E-state index is -3.02. The standard InChI is InChI=1S/C15H21NO3S/c1-2-3-10-16(14-7-5-4-6-8-14)15(17)13-9-11-20(18,19)12-13/h4-8,13H,2-3,9-12H2,1H3. The molecule has 4 nitrogen and oxygen atoms in total. The molecule has 1 fully saturated rings. The van der Waals surface area contributed by atoms with Crippen molar-refractivity contribution in [1.82, 2.24) is 0 Å². The molecule has 1 aliphatic heterocycles. The van der Waals surface area contributed by atoms with E-state index in [0.717, 1.165) is 18.5 Å². The molecule has 5 heteroatoms. The lowest BCUT2D eigenvalue weighted by Gasteiger charge is -2.25. The Morgan fingerprint density at radius 3 is 2.55 bits per heavy atom. The summed E-state index contributed by atoms with van der Waals surface area (Å²) in [5, 5.41) is 0. The first-order valence-corrected chi connectivity index (χ1v) is 8.92. The zero-order valence-electron chi connectivity index (χ0n) is 11.8. The fraction of sp³-hybridized carbons (Fsp3) is 0.533. The number of anilines is 1. The first kappa shape index (κ1) is 15.0. The maximum atomic E-state index is 12.6. The summed E-state index contributed by atoms with van der Waals surface area (Å²) in [5.41, 5.74) is 0.857. The maximum Gasteiger partial charge on any atom is 0.231 e. The van der Waals surface area contributed by atoms with Crippen molar-refractivity contribution in [1.29, 1.82) is 0 Å². The van der Waals surface area contributed by atoms with Crippen LogP contribution in [0.25, 0.3) is 0 Å². The van der Waals surface area contributed by atoms with Gasteiger partial charge in [0.05, 0.1) is 17.4 Å². The molecule has 1 atom stereocenters. The number of unbranched alkanes of at least 4 members (excludes halogenated alkanes) is 1. The smallest absolute Gasteiger partial charge is 0.231 e. The highest BCUT2D eigenvalue weighted by atomic mass is 32.2. The van der Waals surface area contributed by atoms with E-state index < -0.39 is 9.84 Å². The Labute approximate surface area is 120 Å². The fourth-order valence-corrected chi connectivity index (χ4v) is 4.23. The Balaban J connectivity index is 2.17. The third-order valence-corrected chi connectivity index (χ3v) is 5.42. The third kappa shape index (κ3) is 3.60. The minimum absolute atomic E-state index is 0.00128. The molecule has 0 N–H and O–H groups in total. The van der Waals surface area contributed by atoms with Crippen LogP contribution in [0.2, 0.25) is 0 Å². The Morgan fingerprint density at radius 1 is 1.30 bits per heavy atom. The maximum absolute atomic E-state index is 12.6. The summed E-state index contributed by atoms with van der Waals surface area (Å²) in [6, 6.07) is 9.50. The lowest BCUT2D eigenvalue weighted by molar-refractivity contribution is -0.121. The Morgan fingerprint density at radius 2 is 2.00 bits per heavy atom. The lowest BCUT2D eigenvalue weighted by Crippen LogP contribution is -2.37. The largest absolute Gasteiger partial charge is 0.312 e. The van der Waals surface area contributed by atoms with Gasteiger partial charge >= 0.3 is 0 Å². The molecule has 0 aromatic heterocycles. The van der Waals surface area contributed by atoms with Gasteiger partial charge in [-0.2, -0.15) is 0 Å². The number of carbonyl (C=O) groups is 1. The number of amides is 1. The Bertz CT molecular complexity index is 554. The van der Waals surface area contributed by atoms with Crippen LogP contribution in [0.3, 0.4) is 0 Å². The molecule has 1 aromatic rings. The predicted octanol–water partition coefficient (Wildman–Crippen LogP) is 2.25. The molecule has 0 saturated carbocycles. The molecule has 110 valence electrons. The van der Waals surface area contributed by atoms with Crippen molar-refractivity contribution in [2.75, 3.05) is 23.0 Å². The molecule has 1 heterocycles. The summed E-state index contributed by atoms with van der Waals surface area (Å²) in [5.74, 6) is -0.288. The first-order chi connectivity index (χ1) is 9.53. The average molecular weight is 295 g/mol. The Kier molecular flexibility index (Phi) is 4.81. The molecule has 0 aliphatic carbocycles. The molecule has 1 aliphatic rings. The molecule has 1 saturated heterocycles. The van der Waals surface area contributed by atoms with Crippen LogP contribution < -0.4 is 4.90 Å². The summed E-state index contributed by atoms with van der Waals surface area (Å²) in [6.07, 6.45) is 2.37. The van der Waals surface area contributed by atoms with Crippen molar-refractivity contribution in [2.45, 2.75) is 26.2 Å². The van der Waals surface area contributed by atoms with Crippen molar-refractivity contribution in [2.24, 2.45) is 5.92 Å². The van der Waals surface area contributed by atoms with Crippen LogP contribution in [0.5, 0.6) is 0 Å². The van der Waals surface area contributed by atoms with Crippen molar-refractivity contribution in [3.8, 4) is 0 Å². The molecular formula is C15H21NO3S. The van der Waals surface area contributed by atoms with Gasteiger partial charge in [-0.15, -0.1) is 0 Å². The molecular weight excluding hydrogens is 274 g/mol. The number of sulfone groups is 1. The zero-order chi connectivity index (χ0) is 14.6. The van der Waals surface area contributed by atoms with E-state index in [1.165, 1.54) is 0 Å². The second kappa shape index (κ2) is 6.39. The van der Waals surface area contributed by atoms with E-state index >= 15 is 0 Å². The highest BCUT2D eigenvalue weighted by Crippen LogP contribution is 2.24. The number of hydrogen-bond acceptors (Lipinski definition) is 3. The minimum Gasteiger partial charge on any atom is -0.312 e. The van der Waals surface area contributed by atoms with E-state index in [4.69, 9.17) is 0 Å². The van der Waals surface area contributed by atoms with Crippen molar-refractivity contribution < 1.29 is 13.2 Å². The predicted molar refractivity (Wildman–Crippen MR) is 80.5 cm³/mol. The van der Waals surface area contributed by atoms with Gasteiger partial charge in [-0.3, -0.25) is 4.79 Å². The third-order valence-electron chi connectivity index (χ3n) is 3.65. The number of benzene rings is 1. The lowest BCUT2D eigenvalue weighted by atomic mass is 10.1. The molecule has 1 amide bonds. The van der Waals surface area contributed by atoms with Crippen molar-refractivity contribution in [3.63, 3.8) is 0 Å². The van der Waals surface area contributed by atoms with Crippen molar-refractivity contribution >= 4 is 21.4 Å². The molecule has 1 unspecified atom stereocenters. The molecule has 0 spiro atoms. The van der Waals surface area contributed by atoms with Gasteiger partial charge in [-0.25, -0.2) is 8.42 Å². The van der Waals surface area contributed by atoms with Gasteiger partial charge in [0, 0.05) is 12.2 Å². The number of carbonyl (C=O) groups excluding carboxylic acids is 1. The van der Waals surface area contributed by atoms with Crippen LogP contribution in [-0.4, -0.2) is 32.4 Å². The zero-order valence-corrected chi connectivity index (χ0v) is 12.6. The summed E-state index contributed by atoms with van der Waals surface area (Å²) in [6.45, 7) is 2.73. The average Bonchev–Trinajstić information content (AvgIpc) is 2.80. The van der Waals surface area contributed by atoms with Crippen LogP contribution >= 0.6 is 0 Å². The van der Waals surface area contributed by atoms with Crippen LogP contribution in [0.4, 0.5) is 5.69 Å². The van der Waals surface area contributed by atoms with Gasteiger partial charge < -0.3 is 4.90 Å². The quantitative estimate of drug-likeness (QED) is 0.837. The fourth-order valence-electron chi connectivity index (χ4n) is 2.50. The monoisotopic (exact) mass is 295 g/mol. The van der Waals surface area contributed by atoms with Crippen LogP contribution in [0.15, 0.2) is 30.3 Å². The highest BCUT2D eigenvalue weighted by Gasteiger charge is 2.35. The first-order valence-electron chi connectivity index (χ1n) is 7.10. The van der Waals surface area contributed by atoms with E-state index in [9.17, 15) is 13.2 Å². The number of hydrogen-bond donors (Lipinski definition) is 0. The van der Waals surface area contributed by atoms with Gasteiger partial charge in [-0.1, -0.05) is 31.5 Å². The van der Waals surface area contributed by atoms with Crippen LogP contribution in [0.1, 0.15) is 26.2 Å². The summed E-state index contributed by atoms with van der Waals surface area (Å²) in [7, 11) is -3.02. The normalized spacial score (nSPS) is 20.8. The number of para-hydroxylation sites is 1. The summed E-state index contributed by atoms with van der Waals surface area (Å²) < 4.78 is 23.1. The molecule has 2 rings (SSSR count). The van der Waals surface area contributed by atoms with Crippen LogP contribution in [-0.2, 0) is 14.6 Å². The topological polar surface area (TPSA) is 54.5 Å². The number of rotatable bonds is 5. The molecule has 0 bridgehead atoms. The van der Waals surface area contributed by atoms with Gasteiger partial charge in [0.1, 0.15) is 0 Å². The molecule has 1 aromatic carbocycles. The van der Waals surface area contributed by atoms with E-state index in [-0.39, 0.29) is 23.3 Å². The van der Waals surface area contributed by atoms with E-state index in [1.807, 2.05) is 30.3 Å². The second-order valence-corrected chi connectivity index (χ2v) is 7.51. The second-order valence-electron chi connectivity index (χ2n) is 5.28. The van der Waals surface area contributed by atoms with E-state index in [0.29, 0.717) is 13.0 Å². The SMILES string of the molecule is CCCCN(C(=O)C1CCS(=O)(=O)C1)c1ccccc1. The summed E-state index contributed by atoms with van der Waals surface area (Å²) >= 11 is 0. The molecule has 20 heavy (non-hydrogen) atoms.